The highest BCUT2D eigenvalue weighted by Gasteiger charge is 2.17. The molecule has 0 aliphatic heterocycles. The zero-order valence-corrected chi connectivity index (χ0v) is 14.7. The number of carbonyl (C=O) groups excluding carboxylic acids is 1. The van der Waals surface area contributed by atoms with Crippen LogP contribution < -0.4 is 5.32 Å². The summed E-state index contributed by atoms with van der Waals surface area (Å²) < 4.78 is 0. The molecular weight excluding hydrogens is 304 g/mol. The van der Waals surface area contributed by atoms with Gasteiger partial charge in [0.25, 0.3) is 0 Å². The monoisotopic (exact) mass is 328 g/mol. The van der Waals surface area contributed by atoms with Crippen molar-refractivity contribution in [1.29, 1.82) is 0 Å². The molecule has 1 amide bonds. The maximum absolute atomic E-state index is 11.9. The molecule has 0 radical (unpaired) electrons. The van der Waals surface area contributed by atoms with Crippen molar-refractivity contribution in [3.8, 4) is 0 Å². The second kappa shape index (κ2) is 8.56. The van der Waals surface area contributed by atoms with Crippen LogP contribution in [0.15, 0.2) is 12.3 Å². The minimum absolute atomic E-state index is 0.00810. The fourth-order valence-electron chi connectivity index (χ4n) is 1.67. The summed E-state index contributed by atoms with van der Waals surface area (Å²) in [5, 5.41) is 12.9. The number of thiazole rings is 1. The number of carbonyl (C=O) groups is 1. The molecule has 0 aliphatic rings. The van der Waals surface area contributed by atoms with Gasteiger partial charge in [0.2, 0.25) is 5.91 Å². The maximum Gasteiger partial charge on any atom is 0.244 e. The molecular formula is C15H24N2O2S2. The summed E-state index contributed by atoms with van der Waals surface area (Å²) in [7, 11) is 0. The summed E-state index contributed by atoms with van der Waals surface area (Å²) in [5.41, 5.74) is 0.0313. The molecule has 1 heterocycles. The van der Waals surface area contributed by atoms with Crippen LogP contribution in [0.2, 0.25) is 0 Å². The zero-order valence-electron chi connectivity index (χ0n) is 13.0. The number of aromatic nitrogens is 1. The van der Waals surface area contributed by atoms with Crippen molar-refractivity contribution in [2.45, 2.75) is 38.6 Å². The molecule has 21 heavy (non-hydrogen) atoms. The normalized spacial score (nSPS) is 13.6. The Bertz CT molecular complexity index is 472. The van der Waals surface area contributed by atoms with Gasteiger partial charge in [0.05, 0.1) is 5.01 Å². The third-order valence-corrected chi connectivity index (χ3v) is 4.88. The van der Waals surface area contributed by atoms with Gasteiger partial charge in [0.1, 0.15) is 0 Å². The molecule has 2 N–H and O–H groups in total. The van der Waals surface area contributed by atoms with Crippen LogP contribution in [0.3, 0.4) is 0 Å². The molecule has 1 aromatic heterocycles. The van der Waals surface area contributed by atoms with Crippen LogP contribution in [-0.4, -0.2) is 40.7 Å². The molecule has 0 saturated carbocycles. The standard InChI is InChI=1S/C15H24N2O2S2/c1-15(2,3)14-16-9-12(21-14)5-6-13(19)17-11(7-8-18)10-20-4/h5-6,9,11,18H,7-8,10H2,1-4H3,(H,17,19)/b6-5+. The Labute approximate surface area is 135 Å². The van der Waals surface area contributed by atoms with Crippen LogP contribution in [0.25, 0.3) is 6.08 Å². The predicted molar refractivity (Wildman–Crippen MR) is 91.9 cm³/mol. The summed E-state index contributed by atoms with van der Waals surface area (Å²) in [6, 6.07) is 0.00810. The van der Waals surface area contributed by atoms with E-state index in [9.17, 15) is 4.79 Å². The van der Waals surface area contributed by atoms with Crippen molar-refractivity contribution < 1.29 is 9.90 Å². The Morgan fingerprint density at radius 1 is 1.57 bits per heavy atom. The molecule has 1 aromatic rings. The summed E-state index contributed by atoms with van der Waals surface area (Å²) in [5.74, 6) is 0.669. The predicted octanol–water partition coefficient (Wildman–Crippen LogP) is 2.68. The molecule has 1 unspecified atom stereocenters. The lowest BCUT2D eigenvalue weighted by molar-refractivity contribution is -0.117. The number of amides is 1. The van der Waals surface area contributed by atoms with Crippen LogP contribution in [0.1, 0.15) is 37.1 Å². The van der Waals surface area contributed by atoms with Crippen molar-refractivity contribution in [1.82, 2.24) is 10.3 Å². The lowest BCUT2D eigenvalue weighted by atomic mass is 9.98. The first-order chi connectivity index (χ1) is 9.86. The minimum atomic E-state index is -0.131. The topological polar surface area (TPSA) is 62.2 Å². The highest BCUT2D eigenvalue weighted by Crippen LogP contribution is 2.27. The number of thioether (sulfide) groups is 1. The number of hydrogen-bond donors (Lipinski definition) is 2. The van der Waals surface area contributed by atoms with Gasteiger partial charge in [-0.3, -0.25) is 4.79 Å². The molecule has 118 valence electrons. The van der Waals surface area contributed by atoms with Gasteiger partial charge >= 0.3 is 0 Å². The van der Waals surface area contributed by atoms with Gasteiger partial charge in [-0.15, -0.1) is 11.3 Å². The maximum atomic E-state index is 11.9. The van der Waals surface area contributed by atoms with E-state index in [4.69, 9.17) is 5.11 Å². The first-order valence-electron chi connectivity index (χ1n) is 6.91. The third kappa shape index (κ3) is 6.63. The Morgan fingerprint density at radius 3 is 2.81 bits per heavy atom. The second-order valence-electron chi connectivity index (χ2n) is 5.82. The van der Waals surface area contributed by atoms with E-state index in [0.717, 1.165) is 15.6 Å². The summed E-state index contributed by atoms with van der Waals surface area (Å²) in [6.07, 6.45) is 7.68. The Hall–Kier alpha value is -0.850. The van der Waals surface area contributed by atoms with Gasteiger partial charge in [0.15, 0.2) is 0 Å². The van der Waals surface area contributed by atoms with E-state index in [1.54, 1.807) is 35.4 Å². The Morgan fingerprint density at radius 2 is 2.29 bits per heavy atom. The van der Waals surface area contributed by atoms with Gasteiger partial charge < -0.3 is 10.4 Å². The molecule has 0 fully saturated rings. The fraction of sp³-hybridized carbons (Fsp3) is 0.600. The van der Waals surface area contributed by atoms with Crippen LogP contribution in [0.4, 0.5) is 0 Å². The van der Waals surface area contributed by atoms with E-state index in [1.165, 1.54) is 6.08 Å². The van der Waals surface area contributed by atoms with Gasteiger partial charge in [-0.25, -0.2) is 4.98 Å². The number of aliphatic hydroxyl groups excluding tert-OH is 1. The zero-order chi connectivity index (χ0) is 15.9. The average molecular weight is 329 g/mol. The lowest BCUT2D eigenvalue weighted by Crippen LogP contribution is -2.36. The van der Waals surface area contributed by atoms with E-state index in [2.05, 4.69) is 31.1 Å². The van der Waals surface area contributed by atoms with Gasteiger partial charge in [-0.1, -0.05) is 20.8 Å². The average Bonchev–Trinajstić information content (AvgIpc) is 2.85. The van der Waals surface area contributed by atoms with Crippen LogP contribution in [0.5, 0.6) is 0 Å². The smallest absolute Gasteiger partial charge is 0.244 e. The highest BCUT2D eigenvalue weighted by atomic mass is 32.2. The molecule has 0 saturated heterocycles. The number of aliphatic hydroxyl groups is 1. The summed E-state index contributed by atoms with van der Waals surface area (Å²) >= 11 is 3.25. The van der Waals surface area contributed by atoms with E-state index in [1.807, 2.05) is 6.26 Å². The Kier molecular flexibility index (Phi) is 7.42. The van der Waals surface area contributed by atoms with E-state index in [0.29, 0.717) is 6.42 Å². The van der Waals surface area contributed by atoms with Crippen molar-refractivity contribution in [2.24, 2.45) is 0 Å². The van der Waals surface area contributed by atoms with Crippen molar-refractivity contribution >= 4 is 35.1 Å². The highest BCUT2D eigenvalue weighted by molar-refractivity contribution is 7.98. The molecule has 0 aromatic carbocycles. The minimum Gasteiger partial charge on any atom is -0.396 e. The molecule has 1 atom stereocenters. The van der Waals surface area contributed by atoms with Crippen molar-refractivity contribution in [3.05, 3.63) is 22.2 Å². The van der Waals surface area contributed by atoms with Gasteiger partial charge in [0, 0.05) is 41.0 Å². The molecule has 4 nitrogen and oxygen atoms in total. The summed E-state index contributed by atoms with van der Waals surface area (Å²) in [6.45, 7) is 6.44. The van der Waals surface area contributed by atoms with Crippen LogP contribution in [0, 0.1) is 0 Å². The van der Waals surface area contributed by atoms with E-state index in [-0.39, 0.29) is 24.0 Å². The van der Waals surface area contributed by atoms with Crippen molar-refractivity contribution in [2.75, 3.05) is 18.6 Å². The van der Waals surface area contributed by atoms with Gasteiger partial charge in [-0.05, 0) is 18.8 Å². The summed E-state index contributed by atoms with van der Waals surface area (Å²) in [4.78, 5) is 17.2. The SMILES string of the molecule is CSCC(CCO)NC(=O)/C=C/c1cnc(C(C)(C)C)s1. The molecule has 1 rings (SSSR count). The second-order valence-corrected chi connectivity index (χ2v) is 7.80. The molecule has 0 aliphatic carbocycles. The molecule has 6 heteroatoms. The van der Waals surface area contributed by atoms with E-state index < -0.39 is 0 Å². The lowest BCUT2D eigenvalue weighted by Gasteiger charge is -2.15. The van der Waals surface area contributed by atoms with Crippen LogP contribution >= 0.6 is 23.1 Å². The quantitative estimate of drug-likeness (QED) is 0.756. The van der Waals surface area contributed by atoms with Gasteiger partial charge in [-0.2, -0.15) is 11.8 Å². The third-order valence-electron chi connectivity index (χ3n) is 2.76. The van der Waals surface area contributed by atoms with Crippen molar-refractivity contribution in [3.63, 3.8) is 0 Å². The number of nitrogens with zero attached hydrogens (tertiary/aromatic N) is 1. The largest absolute Gasteiger partial charge is 0.396 e. The Balaban J connectivity index is 2.59. The number of rotatable bonds is 7. The first kappa shape index (κ1) is 18.2. The molecule has 0 spiro atoms. The molecule has 0 bridgehead atoms. The number of nitrogens with one attached hydrogen (secondary N) is 1. The fourth-order valence-corrected chi connectivity index (χ4v) is 3.20. The van der Waals surface area contributed by atoms with E-state index >= 15 is 0 Å². The van der Waals surface area contributed by atoms with Crippen LogP contribution in [-0.2, 0) is 10.2 Å². The number of hydrogen-bond acceptors (Lipinski definition) is 5. The first-order valence-corrected chi connectivity index (χ1v) is 9.12.